The van der Waals surface area contributed by atoms with Crippen LogP contribution in [0, 0.1) is 6.42 Å². The molecule has 1 aromatic carbocycles. The third-order valence-electron chi connectivity index (χ3n) is 2.22. The summed E-state index contributed by atoms with van der Waals surface area (Å²) in [6.07, 6.45) is 7.02. The molecule has 0 N–H and O–H groups in total. The fourth-order valence-electron chi connectivity index (χ4n) is 1.65. The van der Waals surface area contributed by atoms with Gasteiger partial charge < -0.3 is 0 Å². The average Bonchev–Trinajstić information content (AvgIpc) is 2.61. The van der Waals surface area contributed by atoms with Crippen LogP contribution in [-0.2, 0) is 14.6 Å². The van der Waals surface area contributed by atoms with Crippen molar-refractivity contribution in [2.45, 2.75) is 19.8 Å². The van der Waals surface area contributed by atoms with Gasteiger partial charge in [0.05, 0.1) is 0 Å². The zero-order chi connectivity index (χ0) is 11.1. The third-order valence-corrected chi connectivity index (χ3v) is 2.22. The van der Waals surface area contributed by atoms with Gasteiger partial charge in [-0.1, -0.05) is 49.3 Å². The molecule has 0 aromatic heterocycles. The molecular formula is C12H13HfI2. The number of hydrogen-bond donors (Lipinski definition) is 0. The maximum atomic E-state index is 2.47. The van der Waals surface area contributed by atoms with Crippen molar-refractivity contribution in [3.05, 3.63) is 47.4 Å². The Hall–Kier alpha value is 1.29. The Morgan fingerprint density at radius 1 is 1.13 bits per heavy atom. The van der Waals surface area contributed by atoms with Gasteiger partial charge in [-0.25, -0.2) is 0 Å². The normalized spacial score (nSPS) is 12.3. The molecule has 2 rings (SSSR count). The van der Waals surface area contributed by atoms with Crippen molar-refractivity contribution in [3.8, 4) is 0 Å². The summed E-state index contributed by atoms with van der Waals surface area (Å²) in [5.74, 6) is 0. The van der Waals surface area contributed by atoms with E-state index in [1.165, 1.54) is 29.5 Å². The molecule has 0 saturated carbocycles. The molecular weight excluding hydrogens is 576 g/mol. The van der Waals surface area contributed by atoms with Crippen LogP contribution in [0.25, 0.3) is 6.08 Å². The molecule has 0 saturated heterocycles. The van der Waals surface area contributed by atoms with Gasteiger partial charge in [0.25, 0.3) is 0 Å². The molecule has 3 heteroatoms. The van der Waals surface area contributed by atoms with Crippen LogP contribution in [0.2, 0.25) is 0 Å². The summed E-state index contributed by atoms with van der Waals surface area (Å²) in [5, 5.41) is 0. The molecule has 15 heavy (non-hydrogen) atoms. The topological polar surface area (TPSA) is 0 Å². The predicted molar refractivity (Wildman–Crippen MR) is 80.8 cm³/mol. The van der Waals surface area contributed by atoms with Gasteiger partial charge in [-0.2, -0.15) is 0 Å². The van der Waals surface area contributed by atoms with E-state index in [0.29, 0.717) is 0 Å². The monoisotopic (exact) mass is 591 g/mol. The maximum absolute atomic E-state index is 2.47. The van der Waals surface area contributed by atoms with E-state index in [0.717, 1.165) is 0 Å². The van der Waals surface area contributed by atoms with Crippen molar-refractivity contribution in [3.63, 3.8) is 0 Å². The first kappa shape index (κ1) is 14.4. The van der Waals surface area contributed by atoms with Gasteiger partial charge in [0.2, 0.25) is 0 Å². The van der Waals surface area contributed by atoms with Gasteiger partial charge in [0, 0.05) is 6.42 Å². The van der Waals surface area contributed by atoms with E-state index >= 15 is 0 Å². The number of fused-ring (bicyclic) bond motifs is 1. The molecule has 0 nitrogen and oxygen atoms in total. The van der Waals surface area contributed by atoms with E-state index in [-0.39, 0.29) is 14.6 Å². The van der Waals surface area contributed by atoms with Crippen molar-refractivity contribution in [2.75, 3.05) is 0 Å². The van der Waals surface area contributed by atoms with Crippen LogP contribution < -0.4 is 0 Å². The van der Waals surface area contributed by atoms with Crippen molar-refractivity contribution < 1.29 is 14.6 Å². The van der Waals surface area contributed by atoms with Crippen molar-refractivity contribution in [1.82, 2.24) is 0 Å². The number of halogens is 2. The third kappa shape index (κ3) is 4.98. The Kier molecular flexibility index (Phi) is 8.03. The van der Waals surface area contributed by atoms with Gasteiger partial charge in [0.15, 0.2) is 0 Å². The Bertz CT molecular complexity index is 334. The molecule has 0 atom stereocenters. The molecule has 0 aliphatic heterocycles. The van der Waals surface area contributed by atoms with E-state index in [1.807, 2.05) is 0 Å². The van der Waals surface area contributed by atoms with Crippen LogP contribution in [0.3, 0.4) is 0 Å². The van der Waals surface area contributed by atoms with E-state index < -0.39 is 0 Å². The molecule has 0 spiro atoms. The quantitative estimate of drug-likeness (QED) is 0.329. The average molecular weight is 590 g/mol. The zero-order valence-electron chi connectivity index (χ0n) is 8.63. The second kappa shape index (κ2) is 8.39. The number of benzene rings is 1. The van der Waals surface area contributed by atoms with Crippen molar-refractivity contribution in [1.29, 1.82) is 0 Å². The summed E-state index contributed by atoms with van der Waals surface area (Å²) >= 11 is 4.96. The first-order valence-corrected chi connectivity index (χ1v) is 25.3. The van der Waals surface area contributed by atoms with Crippen LogP contribution in [-0.4, -0.2) is 0 Å². The summed E-state index contributed by atoms with van der Waals surface area (Å²) in [5.41, 5.74) is 4.22. The summed E-state index contributed by atoms with van der Waals surface area (Å²) in [6.45, 7) is 2.22. The summed E-state index contributed by atoms with van der Waals surface area (Å²) in [7, 11) is 0. The minimum absolute atomic E-state index is 0.0233. The molecule has 0 amide bonds. The minimum atomic E-state index is 0.0233. The van der Waals surface area contributed by atoms with E-state index in [1.54, 1.807) is 0 Å². The summed E-state index contributed by atoms with van der Waals surface area (Å²) < 4.78 is 0. The van der Waals surface area contributed by atoms with Crippen LogP contribution >= 0.6 is 36.3 Å². The molecule has 0 heterocycles. The molecule has 0 unspecified atom stereocenters. The number of allylic oxidation sites excluding steroid dienone is 1. The predicted octanol–water partition coefficient (Wildman–Crippen LogP) is 5.20. The van der Waals surface area contributed by atoms with E-state index in [2.05, 4.69) is 80.0 Å². The Balaban J connectivity index is 0.000000337. The van der Waals surface area contributed by atoms with E-state index in [9.17, 15) is 0 Å². The first-order chi connectivity index (χ1) is 7.31. The van der Waals surface area contributed by atoms with Crippen LogP contribution in [0.4, 0.5) is 0 Å². The molecule has 1 radical (unpaired) electrons. The second-order valence-corrected chi connectivity index (χ2v) is 29.6. The fourth-order valence-corrected chi connectivity index (χ4v) is 1.65. The molecule has 0 bridgehead atoms. The Morgan fingerprint density at radius 2 is 1.73 bits per heavy atom. The van der Waals surface area contributed by atoms with E-state index in [4.69, 9.17) is 0 Å². The molecule has 0 fully saturated rings. The van der Waals surface area contributed by atoms with Gasteiger partial charge in [0.1, 0.15) is 0 Å². The standard InChI is InChI=1S/C12H13.Hf.2HI/c1-2-5-10-8-11-6-3-4-7-12(11)9-10;;;/h3-4,6-9H,2,5H2,1H3;;2*1H/q;+2;;/p-2. The number of rotatable bonds is 2. The van der Waals surface area contributed by atoms with Gasteiger partial charge in [-0.15, -0.1) is 0 Å². The molecule has 1 aromatic rings. The fraction of sp³-hybridized carbons (Fsp3) is 0.250. The van der Waals surface area contributed by atoms with Gasteiger partial charge in [-0.05, 0) is 17.5 Å². The first-order valence-electron chi connectivity index (χ1n) is 4.92. The SMILES string of the molecule is CCCC1=Cc2ccccc2[CH]1.[I][Hf][I]. The van der Waals surface area contributed by atoms with Crippen LogP contribution in [0.1, 0.15) is 30.9 Å². The van der Waals surface area contributed by atoms with Crippen LogP contribution in [0.15, 0.2) is 29.8 Å². The number of hydrogen-bond acceptors (Lipinski definition) is 0. The molecule has 1 aliphatic rings. The van der Waals surface area contributed by atoms with Crippen LogP contribution in [0.5, 0.6) is 0 Å². The summed E-state index contributed by atoms with van der Waals surface area (Å²) in [6, 6.07) is 8.54. The second-order valence-electron chi connectivity index (χ2n) is 3.31. The van der Waals surface area contributed by atoms with Gasteiger partial charge in [-0.3, -0.25) is 0 Å². The summed E-state index contributed by atoms with van der Waals surface area (Å²) in [4.78, 5) is 0. The molecule has 79 valence electrons. The Labute approximate surface area is 122 Å². The van der Waals surface area contributed by atoms with Gasteiger partial charge >= 0.3 is 50.9 Å². The van der Waals surface area contributed by atoms with Crippen molar-refractivity contribution >= 4 is 42.4 Å². The Morgan fingerprint density at radius 3 is 2.27 bits per heavy atom. The molecule has 1 aliphatic carbocycles. The van der Waals surface area contributed by atoms with Crippen molar-refractivity contribution in [2.24, 2.45) is 0 Å². The zero-order valence-corrected chi connectivity index (χ0v) is 16.5.